The molecule has 1 aromatic heterocycles. The van der Waals surface area contributed by atoms with Gasteiger partial charge in [-0.25, -0.2) is 4.98 Å². The monoisotopic (exact) mass is 296 g/mol. The lowest BCUT2D eigenvalue weighted by Gasteiger charge is -2.33. The Kier molecular flexibility index (Phi) is 5.23. The molecule has 1 aliphatic rings. The highest BCUT2D eigenvalue weighted by atomic mass is 32.1. The molecule has 5 nitrogen and oxygen atoms in total. The van der Waals surface area contributed by atoms with Crippen LogP contribution in [0.25, 0.3) is 0 Å². The van der Waals surface area contributed by atoms with E-state index in [9.17, 15) is 4.79 Å². The first-order chi connectivity index (χ1) is 9.67. The molecule has 0 unspecified atom stereocenters. The third-order valence-electron chi connectivity index (χ3n) is 3.79. The maximum atomic E-state index is 12.7. The molecular weight excluding hydrogens is 272 g/mol. The predicted octanol–water partition coefficient (Wildman–Crippen LogP) is 2.95. The summed E-state index contributed by atoms with van der Waals surface area (Å²) >= 11 is 1.36. The number of aromatic nitrogens is 1. The molecule has 1 amide bonds. The second kappa shape index (κ2) is 6.92. The van der Waals surface area contributed by atoms with Crippen LogP contribution in [0.5, 0.6) is 0 Å². The van der Waals surface area contributed by atoms with E-state index < -0.39 is 0 Å². The van der Waals surface area contributed by atoms with Crippen LogP contribution in [0.15, 0.2) is 0 Å². The van der Waals surface area contributed by atoms with E-state index in [0.29, 0.717) is 16.7 Å². The number of carbonyl (C=O) groups is 1. The Morgan fingerprint density at radius 1 is 1.40 bits per heavy atom. The summed E-state index contributed by atoms with van der Waals surface area (Å²) < 4.78 is 0. The van der Waals surface area contributed by atoms with E-state index in [4.69, 9.17) is 5.73 Å². The number of hydrogen-bond acceptors (Lipinski definition) is 5. The zero-order valence-electron chi connectivity index (χ0n) is 12.3. The quantitative estimate of drug-likeness (QED) is 0.876. The summed E-state index contributed by atoms with van der Waals surface area (Å²) in [5.74, 6) is 0.392. The van der Waals surface area contributed by atoms with E-state index in [2.05, 4.69) is 10.3 Å². The average Bonchev–Trinajstić information content (AvgIpc) is 2.82. The lowest BCUT2D eigenvalue weighted by atomic mass is 9.94. The Bertz CT molecular complexity index is 454. The first kappa shape index (κ1) is 15.1. The number of nitrogens with zero attached hydrogens (tertiary/aromatic N) is 2. The van der Waals surface area contributed by atoms with Crippen LogP contribution in [0, 0.1) is 0 Å². The summed E-state index contributed by atoms with van der Waals surface area (Å²) in [4.78, 5) is 19.5. The van der Waals surface area contributed by atoms with Crippen LogP contribution in [-0.2, 0) is 0 Å². The van der Waals surface area contributed by atoms with Crippen molar-refractivity contribution in [3.05, 3.63) is 4.88 Å². The van der Waals surface area contributed by atoms with Gasteiger partial charge in [-0.1, -0.05) is 30.6 Å². The van der Waals surface area contributed by atoms with Crippen LogP contribution in [0.1, 0.15) is 55.6 Å². The number of nitrogen functional groups attached to an aromatic ring is 1. The Hall–Kier alpha value is -1.30. The van der Waals surface area contributed by atoms with Crippen molar-refractivity contribution in [1.29, 1.82) is 0 Å². The van der Waals surface area contributed by atoms with Crippen molar-refractivity contribution in [3.8, 4) is 0 Å². The van der Waals surface area contributed by atoms with Crippen LogP contribution in [-0.4, -0.2) is 34.9 Å². The van der Waals surface area contributed by atoms with E-state index >= 15 is 0 Å². The van der Waals surface area contributed by atoms with Crippen LogP contribution in [0.2, 0.25) is 0 Å². The van der Waals surface area contributed by atoms with E-state index in [1.807, 2.05) is 18.7 Å². The number of nitrogens with one attached hydrogen (secondary N) is 1. The number of thiazole rings is 1. The van der Waals surface area contributed by atoms with Crippen LogP contribution >= 0.6 is 11.3 Å². The van der Waals surface area contributed by atoms with Gasteiger partial charge in [0.05, 0.1) is 0 Å². The Morgan fingerprint density at radius 3 is 2.70 bits per heavy atom. The molecule has 0 aliphatic heterocycles. The number of hydrogen-bond donors (Lipinski definition) is 2. The standard InChI is InChI=1S/C14H24N4OS/c1-3-16-14-17-12(15)11(20-14)13(19)18(4-2)10-8-6-5-7-9-10/h10H,3-9,15H2,1-2H3,(H,16,17). The van der Waals surface area contributed by atoms with Crippen LogP contribution < -0.4 is 11.1 Å². The molecular formula is C14H24N4OS. The minimum Gasteiger partial charge on any atom is -0.382 e. The van der Waals surface area contributed by atoms with Crippen molar-refractivity contribution in [2.75, 3.05) is 24.1 Å². The topological polar surface area (TPSA) is 71.2 Å². The van der Waals surface area contributed by atoms with Gasteiger partial charge in [-0.3, -0.25) is 4.79 Å². The summed E-state index contributed by atoms with van der Waals surface area (Å²) in [7, 11) is 0. The third kappa shape index (κ3) is 3.23. The van der Waals surface area contributed by atoms with Gasteiger partial charge in [0.15, 0.2) is 5.13 Å². The van der Waals surface area contributed by atoms with Crippen molar-refractivity contribution in [2.24, 2.45) is 0 Å². The van der Waals surface area contributed by atoms with Gasteiger partial charge >= 0.3 is 0 Å². The molecule has 1 aromatic rings. The second-order valence-corrected chi connectivity index (χ2v) is 6.15. The second-order valence-electron chi connectivity index (χ2n) is 5.15. The van der Waals surface area contributed by atoms with Crippen molar-refractivity contribution in [2.45, 2.75) is 52.0 Å². The fraction of sp³-hybridized carbons (Fsp3) is 0.714. The van der Waals surface area contributed by atoms with E-state index in [-0.39, 0.29) is 5.91 Å². The van der Waals surface area contributed by atoms with Gasteiger partial charge in [-0.15, -0.1) is 0 Å². The summed E-state index contributed by atoms with van der Waals surface area (Å²) in [6.45, 7) is 5.55. The lowest BCUT2D eigenvalue weighted by molar-refractivity contribution is 0.0654. The molecule has 1 aliphatic carbocycles. The molecule has 6 heteroatoms. The van der Waals surface area contributed by atoms with Gasteiger partial charge in [0.25, 0.3) is 5.91 Å². The summed E-state index contributed by atoms with van der Waals surface area (Å²) in [6.07, 6.45) is 5.94. The number of carbonyl (C=O) groups excluding carboxylic acids is 1. The first-order valence-corrected chi connectivity index (χ1v) is 8.30. The first-order valence-electron chi connectivity index (χ1n) is 7.48. The van der Waals surface area contributed by atoms with Crippen molar-refractivity contribution in [3.63, 3.8) is 0 Å². The number of nitrogens with two attached hydrogens (primary N) is 1. The largest absolute Gasteiger partial charge is 0.382 e. The van der Waals surface area contributed by atoms with Gasteiger partial charge in [0, 0.05) is 19.1 Å². The number of anilines is 2. The molecule has 112 valence electrons. The van der Waals surface area contributed by atoms with E-state index in [0.717, 1.165) is 31.1 Å². The highest BCUT2D eigenvalue weighted by Gasteiger charge is 2.28. The molecule has 0 spiro atoms. The van der Waals surface area contributed by atoms with Crippen molar-refractivity contribution < 1.29 is 4.79 Å². The molecule has 0 bridgehead atoms. The molecule has 3 N–H and O–H groups in total. The minimum atomic E-state index is 0.0403. The zero-order chi connectivity index (χ0) is 14.5. The minimum absolute atomic E-state index is 0.0403. The molecule has 0 radical (unpaired) electrons. The highest BCUT2D eigenvalue weighted by Crippen LogP contribution is 2.29. The SMILES string of the molecule is CCNc1nc(N)c(C(=O)N(CC)C2CCCCC2)s1. The molecule has 20 heavy (non-hydrogen) atoms. The number of amides is 1. The van der Waals surface area contributed by atoms with Gasteiger partial charge in [-0.05, 0) is 26.7 Å². The van der Waals surface area contributed by atoms with Gasteiger partial charge in [0.1, 0.15) is 10.7 Å². The maximum Gasteiger partial charge on any atom is 0.268 e. The molecule has 1 saturated carbocycles. The summed E-state index contributed by atoms with van der Waals surface area (Å²) in [5.41, 5.74) is 5.91. The number of rotatable bonds is 5. The lowest BCUT2D eigenvalue weighted by Crippen LogP contribution is -2.41. The summed E-state index contributed by atoms with van der Waals surface area (Å²) in [6, 6.07) is 0.366. The Labute approximate surface area is 124 Å². The van der Waals surface area contributed by atoms with Gasteiger partial charge in [-0.2, -0.15) is 0 Å². The normalized spacial score (nSPS) is 16.1. The zero-order valence-corrected chi connectivity index (χ0v) is 13.1. The third-order valence-corrected chi connectivity index (χ3v) is 4.81. The average molecular weight is 296 g/mol. The molecule has 0 atom stereocenters. The van der Waals surface area contributed by atoms with E-state index in [1.165, 1.54) is 30.6 Å². The highest BCUT2D eigenvalue weighted by molar-refractivity contribution is 7.18. The predicted molar refractivity (Wildman–Crippen MR) is 84.3 cm³/mol. The summed E-state index contributed by atoms with van der Waals surface area (Å²) in [5, 5.41) is 3.85. The molecule has 1 fully saturated rings. The molecule has 2 rings (SSSR count). The van der Waals surface area contributed by atoms with Crippen LogP contribution in [0.3, 0.4) is 0 Å². The van der Waals surface area contributed by atoms with Crippen molar-refractivity contribution in [1.82, 2.24) is 9.88 Å². The maximum absolute atomic E-state index is 12.7. The fourth-order valence-electron chi connectivity index (χ4n) is 2.80. The van der Waals surface area contributed by atoms with Gasteiger partial charge in [0.2, 0.25) is 0 Å². The smallest absolute Gasteiger partial charge is 0.268 e. The van der Waals surface area contributed by atoms with Crippen molar-refractivity contribution >= 4 is 28.2 Å². The fourth-order valence-corrected chi connectivity index (χ4v) is 3.71. The van der Waals surface area contributed by atoms with Gasteiger partial charge < -0.3 is 16.0 Å². The molecule has 1 heterocycles. The molecule has 0 saturated heterocycles. The van der Waals surface area contributed by atoms with Crippen LogP contribution in [0.4, 0.5) is 10.9 Å². The Balaban J connectivity index is 2.14. The van der Waals surface area contributed by atoms with E-state index in [1.54, 1.807) is 0 Å². The Morgan fingerprint density at radius 2 is 2.10 bits per heavy atom. The molecule has 0 aromatic carbocycles.